The molecule has 0 unspecified atom stereocenters. The second kappa shape index (κ2) is 10.6. The van der Waals surface area contributed by atoms with Crippen molar-refractivity contribution in [3.63, 3.8) is 0 Å². The largest absolute Gasteiger partial charge is 0.486 e. The zero-order valence-electron chi connectivity index (χ0n) is 18.1. The van der Waals surface area contributed by atoms with Gasteiger partial charge in [0.1, 0.15) is 17.7 Å². The monoisotopic (exact) mass is 472 g/mol. The van der Waals surface area contributed by atoms with E-state index in [9.17, 15) is 4.39 Å². The predicted molar refractivity (Wildman–Crippen MR) is 131 cm³/mol. The highest BCUT2D eigenvalue weighted by Crippen LogP contribution is 2.30. The third-order valence-corrected chi connectivity index (χ3v) is 6.59. The molecule has 0 N–H and O–H groups in total. The van der Waals surface area contributed by atoms with Gasteiger partial charge < -0.3 is 9.64 Å². The molecular weight excluding hydrogens is 446 g/mol. The van der Waals surface area contributed by atoms with Crippen LogP contribution in [-0.4, -0.2) is 37.6 Å². The van der Waals surface area contributed by atoms with Gasteiger partial charge in [-0.2, -0.15) is 0 Å². The Morgan fingerprint density at radius 3 is 2.34 bits per heavy atom. The average Bonchev–Trinajstić information content (AvgIpc) is 2.80. The first-order valence-electron chi connectivity index (χ1n) is 10.9. The Labute approximate surface area is 199 Å². The second-order valence-electron chi connectivity index (χ2n) is 8.11. The first kappa shape index (κ1) is 22.9. The first-order chi connectivity index (χ1) is 15.5. The van der Waals surface area contributed by atoms with Crippen LogP contribution in [0.15, 0.2) is 66.7 Å². The zero-order valence-corrected chi connectivity index (χ0v) is 19.6. The fourth-order valence-corrected chi connectivity index (χ4v) is 4.59. The third kappa shape index (κ3) is 5.55. The van der Waals surface area contributed by atoms with Crippen molar-refractivity contribution >= 4 is 28.9 Å². The van der Waals surface area contributed by atoms with Crippen LogP contribution >= 0.6 is 23.2 Å². The van der Waals surface area contributed by atoms with Crippen LogP contribution in [0.25, 0.3) is 0 Å². The Balaban J connectivity index is 1.41. The molecule has 0 aliphatic carbocycles. The molecule has 0 bridgehead atoms. The molecular formula is C26H27Cl2FN2O. The summed E-state index contributed by atoms with van der Waals surface area (Å²) in [4.78, 5) is 4.80. The van der Waals surface area contributed by atoms with Crippen LogP contribution in [0.2, 0.25) is 10.0 Å². The summed E-state index contributed by atoms with van der Waals surface area (Å²) in [5, 5.41) is 0.869. The number of anilines is 1. The van der Waals surface area contributed by atoms with Crippen LogP contribution in [0.5, 0.6) is 5.75 Å². The normalized spacial score (nSPS) is 15.6. The Bertz CT molecular complexity index is 1050. The molecule has 6 heteroatoms. The SMILES string of the molecule is Cc1ccccc1[C@H](CCN1CCN(c2ccccc2Cl)CC1)Oc1ccc(F)c(Cl)c1. The van der Waals surface area contributed by atoms with Gasteiger partial charge in [-0.15, -0.1) is 0 Å². The molecule has 1 heterocycles. The van der Waals surface area contributed by atoms with Gasteiger partial charge in [0, 0.05) is 45.2 Å². The van der Waals surface area contributed by atoms with Crippen molar-refractivity contribution in [2.24, 2.45) is 0 Å². The lowest BCUT2D eigenvalue weighted by Crippen LogP contribution is -2.47. The molecule has 32 heavy (non-hydrogen) atoms. The summed E-state index contributed by atoms with van der Waals surface area (Å²) in [5.41, 5.74) is 3.42. The molecule has 1 saturated heterocycles. The van der Waals surface area contributed by atoms with Gasteiger partial charge in [-0.1, -0.05) is 59.6 Å². The Morgan fingerprint density at radius 2 is 1.62 bits per heavy atom. The number of nitrogens with zero attached hydrogens (tertiary/aromatic N) is 2. The maximum Gasteiger partial charge on any atom is 0.142 e. The third-order valence-electron chi connectivity index (χ3n) is 5.98. The fraction of sp³-hybridized carbons (Fsp3) is 0.308. The summed E-state index contributed by atoms with van der Waals surface area (Å²) in [7, 11) is 0. The molecule has 1 aliphatic rings. The van der Waals surface area contributed by atoms with Crippen LogP contribution in [0.1, 0.15) is 23.7 Å². The molecule has 3 aromatic carbocycles. The van der Waals surface area contributed by atoms with Crippen molar-refractivity contribution in [2.45, 2.75) is 19.4 Å². The minimum absolute atomic E-state index is 0.0710. The molecule has 0 amide bonds. The number of rotatable bonds is 7. The molecule has 168 valence electrons. The van der Waals surface area contributed by atoms with E-state index in [4.69, 9.17) is 27.9 Å². The summed E-state index contributed by atoms with van der Waals surface area (Å²) in [6.45, 7) is 6.80. The number of hydrogen-bond donors (Lipinski definition) is 0. The standard InChI is InChI=1S/C26H27Cl2FN2O/c1-19-6-2-3-7-21(19)26(32-20-10-11-24(29)23(28)18-20)12-13-30-14-16-31(17-15-30)25-9-5-4-8-22(25)27/h2-11,18,26H,12-17H2,1H3/t26-/m0/s1. The molecule has 0 spiro atoms. The Hall–Kier alpha value is -2.27. The number of halogens is 3. The van der Waals surface area contributed by atoms with E-state index in [1.54, 1.807) is 12.1 Å². The lowest BCUT2D eigenvalue weighted by atomic mass is 10.0. The number of hydrogen-bond acceptors (Lipinski definition) is 3. The second-order valence-corrected chi connectivity index (χ2v) is 8.92. The zero-order chi connectivity index (χ0) is 22.5. The molecule has 3 aromatic rings. The summed E-state index contributed by atoms with van der Waals surface area (Å²) in [6.07, 6.45) is 0.686. The molecule has 3 nitrogen and oxygen atoms in total. The van der Waals surface area contributed by atoms with Crippen molar-refractivity contribution in [3.05, 3.63) is 93.7 Å². The smallest absolute Gasteiger partial charge is 0.142 e. The topological polar surface area (TPSA) is 15.7 Å². The van der Waals surface area contributed by atoms with Gasteiger partial charge in [0.2, 0.25) is 0 Å². The van der Waals surface area contributed by atoms with E-state index >= 15 is 0 Å². The van der Waals surface area contributed by atoms with E-state index < -0.39 is 5.82 Å². The number of benzene rings is 3. The molecule has 0 radical (unpaired) electrons. The molecule has 1 aliphatic heterocycles. The van der Waals surface area contributed by atoms with Crippen molar-refractivity contribution in [3.8, 4) is 5.75 Å². The van der Waals surface area contributed by atoms with Crippen molar-refractivity contribution in [1.29, 1.82) is 0 Å². The number of aryl methyl sites for hydroxylation is 1. The average molecular weight is 473 g/mol. The fourth-order valence-electron chi connectivity index (χ4n) is 4.16. The van der Waals surface area contributed by atoms with Gasteiger partial charge in [-0.25, -0.2) is 4.39 Å². The van der Waals surface area contributed by atoms with Crippen LogP contribution in [0.4, 0.5) is 10.1 Å². The number of para-hydroxylation sites is 1. The van der Waals surface area contributed by atoms with Gasteiger partial charge in [-0.3, -0.25) is 4.90 Å². The van der Waals surface area contributed by atoms with E-state index in [0.29, 0.717) is 5.75 Å². The molecule has 1 fully saturated rings. The highest BCUT2D eigenvalue weighted by Gasteiger charge is 2.22. The maximum absolute atomic E-state index is 13.6. The summed E-state index contributed by atoms with van der Waals surface area (Å²) >= 11 is 12.3. The number of piperazine rings is 1. The quantitative estimate of drug-likeness (QED) is 0.377. The van der Waals surface area contributed by atoms with Crippen molar-refractivity contribution in [1.82, 2.24) is 4.90 Å². The predicted octanol–water partition coefficient (Wildman–Crippen LogP) is 6.77. The molecule has 0 saturated carbocycles. The summed E-state index contributed by atoms with van der Waals surface area (Å²) < 4.78 is 19.9. The van der Waals surface area contributed by atoms with Gasteiger partial charge >= 0.3 is 0 Å². The highest BCUT2D eigenvalue weighted by atomic mass is 35.5. The van der Waals surface area contributed by atoms with Crippen LogP contribution in [0, 0.1) is 12.7 Å². The lowest BCUT2D eigenvalue weighted by Gasteiger charge is -2.37. The van der Waals surface area contributed by atoms with Crippen molar-refractivity contribution in [2.75, 3.05) is 37.6 Å². The van der Waals surface area contributed by atoms with E-state index in [2.05, 4.69) is 34.9 Å². The molecule has 0 aromatic heterocycles. The van der Waals surface area contributed by atoms with Gasteiger partial charge in [0.05, 0.1) is 15.7 Å². The van der Waals surface area contributed by atoms with E-state index in [-0.39, 0.29) is 11.1 Å². The van der Waals surface area contributed by atoms with Crippen LogP contribution in [0.3, 0.4) is 0 Å². The minimum atomic E-state index is -0.442. The maximum atomic E-state index is 13.6. The summed E-state index contributed by atoms with van der Waals surface area (Å²) in [6, 6.07) is 20.8. The van der Waals surface area contributed by atoms with E-state index in [1.165, 1.54) is 11.6 Å². The van der Waals surface area contributed by atoms with Gasteiger partial charge in [0.15, 0.2) is 0 Å². The van der Waals surface area contributed by atoms with E-state index in [0.717, 1.165) is 55.4 Å². The Kier molecular flexibility index (Phi) is 7.56. The lowest BCUT2D eigenvalue weighted by molar-refractivity contribution is 0.159. The van der Waals surface area contributed by atoms with Crippen LogP contribution in [-0.2, 0) is 0 Å². The molecule has 4 rings (SSSR count). The highest BCUT2D eigenvalue weighted by molar-refractivity contribution is 6.33. The van der Waals surface area contributed by atoms with Crippen molar-refractivity contribution < 1.29 is 9.13 Å². The molecule has 1 atom stereocenters. The first-order valence-corrected chi connectivity index (χ1v) is 11.7. The number of ether oxygens (including phenoxy) is 1. The van der Waals surface area contributed by atoms with Gasteiger partial charge in [-0.05, 0) is 42.3 Å². The van der Waals surface area contributed by atoms with Crippen LogP contribution < -0.4 is 9.64 Å². The minimum Gasteiger partial charge on any atom is -0.486 e. The Morgan fingerprint density at radius 1 is 0.906 bits per heavy atom. The van der Waals surface area contributed by atoms with E-state index in [1.807, 2.05) is 30.3 Å². The summed E-state index contributed by atoms with van der Waals surface area (Å²) in [5.74, 6) is 0.135. The van der Waals surface area contributed by atoms with Gasteiger partial charge in [0.25, 0.3) is 0 Å².